The fourth-order valence-electron chi connectivity index (χ4n) is 3.51. The minimum absolute atomic E-state index is 0.0102. The fraction of sp³-hybridized carbons (Fsp3) is 0. The largest absolute Gasteiger partial charge is 0.321 e. The summed E-state index contributed by atoms with van der Waals surface area (Å²) in [6.07, 6.45) is 4.08. The van der Waals surface area contributed by atoms with Crippen molar-refractivity contribution < 1.29 is 18.8 Å². The van der Waals surface area contributed by atoms with E-state index in [1.807, 2.05) is 0 Å². The minimum atomic E-state index is -0.567. The highest BCUT2D eigenvalue weighted by Gasteiger charge is 2.15. The Morgan fingerprint density at radius 1 is 0.744 bits per heavy atom. The third kappa shape index (κ3) is 7.51. The zero-order valence-corrected chi connectivity index (χ0v) is 21.8. The van der Waals surface area contributed by atoms with Gasteiger partial charge in [0, 0.05) is 27.4 Å². The van der Waals surface area contributed by atoms with Gasteiger partial charge in [-0.05, 0) is 84.5 Å². The SMILES string of the molecule is O=C(Nc1ccc(C(=O)/C=C/c2c(F)cccc2Cl)cc1)/C(=C/c1ccc(Cl)cc1)NC(=O)c1ccccc1. The van der Waals surface area contributed by atoms with Crippen LogP contribution < -0.4 is 10.6 Å². The van der Waals surface area contributed by atoms with Crippen molar-refractivity contribution in [3.8, 4) is 0 Å². The van der Waals surface area contributed by atoms with Gasteiger partial charge < -0.3 is 10.6 Å². The van der Waals surface area contributed by atoms with Crippen molar-refractivity contribution in [1.29, 1.82) is 0 Å². The van der Waals surface area contributed by atoms with Crippen molar-refractivity contribution in [2.24, 2.45) is 0 Å². The highest BCUT2D eigenvalue weighted by Crippen LogP contribution is 2.21. The van der Waals surface area contributed by atoms with Crippen molar-refractivity contribution in [2.75, 3.05) is 5.32 Å². The summed E-state index contributed by atoms with van der Waals surface area (Å²) in [5.41, 5.74) is 1.89. The smallest absolute Gasteiger partial charge is 0.272 e. The van der Waals surface area contributed by atoms with Gasteiger partial charge in [0.2, 0.25) is 0 Å². The molecule has 2 N–H and O–H groups in total. The van der Waals surface area contributed by atoms with E-state index in [4.69, 9.17) is 23.2 Å². The molecule has 0 radical (unpaired) electrons. The lowest BCUT2D eigenvalue weighted by Crippen LogP contribution is -2.30. The van der Waals surface area contributed by atoms with E-state index >= 15 is 0 Å². The molecule has 0 aromatic heterocycles. The van der Waals surface area contributed by atoms with E-state index in [1.165, 1.54) is 48.6 Å². The van der Waals surface area contributed by atoms with Crippen LogP contribution in [0.1, 0.15) is 31.8 Å². The van der Waals surface area contributed by atoms with Crippen LogP contribution in [0.3, 0.4) is 0 Å². The first kappa shape index (κ1) is 27.5. The van der Waals surface area contributed by atoms with E-state index in [1.54, 1.807) is 66.7 Å². The van der Waals surface area contributed by atoms with E-state index in [-0.39, 0.29) is 22.1 Å². The quantitative estimate of drug-likeness (QED) is 0.174. The number of rotatable bonds is 8. The van der Waals surface area contributed by atoms with E-state index in [2.05, 4.69) is 10.6 Å². The molecular formula is C31H21Cl2FN2O3. The molecule has 0 spiro atoms. The van der Waals surface area contributed by atoms with E-state index in [0.717, 1.165) is 0 Å². The number of allylic oxidation sites excluding steroid dienone is 1. The predicted octanol–water partition coefficient (Wildman–Crippen LogP) is 7.44. The van der Waals surface area contributed by atoms with Gasteiger partial charge in [0.05, 0.1) is 5.02 Å². The average Bonchev–Trinajstić information content (AvgIpc) is 2.94. The zero-order chi connectivity index (χ0) is 27.8. The van der Waals surface area contributed by atoms with E-state index in [9.17, 15) is 18.8 Å². The molecule has 194 valence electrons. The Bertz CT molecular complexity index is 1550. The molecule has 0 aliphatic heterocycles. The summed E-state index contributed by atoms with van der Waals surface area (Å²) in [5, 5.41) is 6.11. The number of carbonyl (C=O) groups excluding carboxylic acids is 3. The Labute approximate surface area is 234 Å². The molecule has 4 aromatic carbocycles. The monoisotopic (exact) mass is 558 g/mol. The molecule has 0 unspecified atom stereocenters. The van der Waals surface area contributed by atoms with Crippen LogP contribution in [0.15, 0.2) is 109 Å². The molecule has 0 saturated carbocycles. The van der Waals surface area contributed by atoms with Crippen LogP contribution in [0.4, 0.5) is 10.1 Å². The Balaban J connectivity index is 1.50. The van der Waals surface area contributed by atoms with Gasteiger partial charge >= 0.3 is 0 Å². The number of benzene rings is 4. The Kier molecular flexibility index (Phi) is 9.05. The Morgan fingerprint density at radius 3 is 2.10 bits per heavy atom. The first-order valence-corrected chi connectivity index (χ1v) is 12.5. The number of anilines is 1. The number of carbonyl (C=O) groups is 3. The summed E-state index contributed by atoms with van der Waals surface area (Å²) in [4.78, 5) is 38.5. The second-order valence-corrected chi connectivity index (χ2v) is 9.14. The van der Waals surface area contributed by atoms with Gasteiger partial charge in [0.25, 0.3) is 11.8 Å². The van der Waals surface area contributed by atoms with Crippen LogP contribution in [0.25, 0.3) is 12.2 Å². The fourth-order valence-corrected chi connectivity index (χ4v) is 3.86. The molecule has 0 bridgehead atoms. The third-order valence-corrected chi connectivity index (χ3v) is 6.12. The maximum Gasteiger partial charge on any atom is 0.272 e. The maximum absolute atomic E-state index is 14.0. The number of hydrogen-bond donors (Lipinski definition) is 2. The maximum atomic E-state index is 14.0. The second kappa shape index (κ2) is 12.8. The van der Waals surface area contributed by atoms with Crippen molar-refractivity contribution in [2.45, 2.75) is 0 Å². The molecule has 4 aromatic rings. The van der Waals surface area contributed by atoms with Crippen LogP contribution in [0.5, 0.6) is 0 Å². The molecule has 2 amide bonds. The molecule has 0 fully saturated rings. The molecule has 4 rings (SSSR count). The van der Waals surface area contributed by atoms with Gasteiger partial charge in [-0.15, -0.1) is 0 Å². The normalized spacial score (nSPS) is 11.3. The number of amides is 2. The molecule has 0 atom stereocenters. The van der Waals surface area contributed by atoms with Crippen LogP contribution in [-0.2, 0) is 4.79 Å². The first-order valence-electron chi connectivity index (χ1n) is 11.7. The standard InChI is InChI=1S/C31H21Cl2FN2O3/c32-23-13-9-20(10-14-23)19-28(36-30(38)22-5-2-1-3-6-22)31(39)35-24-15-11-21(12-16-24)29(37)18-17-25-26(33)7-4-8-27(25)34/h1-19H,(H,35,39)(H,36,38)/b18-17+,28-19-. The van der Waals surface area contributed by atoms with Gasteiger partial charge in [-0.3, -0.25) is 14.4 Å². The van der Waals surface area contributed by atoms with Crippen LogP contribution in [-0.4, -0.2) is 17.6 Å². The molecule has 0 heterocycles. The van der Waals surface area contributed by atoms with Gasteiger partial charge in [-0.1, -0.05) is 59.6 Å². The molecule has 0 aliphatic carbocycles. The van der Waals surface area contributed by atoms with Gasteiger partial charge in [0.1, 0.15) is 11.5 Å². The van der Waals surface area contributed by atoms with Crippen LogP contribution in [0.2, 0.25) is 10.0 Å². The van der Waals surface area contributed by atoms with Gasteiger partial charge in [-0.25, -0.2) is 4.39 Å². The summed E-state index contributed by atoms with van der Waals surface area (Å²) >= 11 is 12.0. The number of nitrogens with one attached hydrogen (secondary N) is 2. The van der Waals surface area contributed by atoms with Crippen LogP contribution in [0, 0.1) is 5.82 Å². The van der Waals surface area contributed by atoms with Crippen LogP contribution >= 0.6 is 23.2 Å². The number of ketones is 1. The Hall–Kier alpha value is -4.52. The lowest BCUT2D eigenvalue weighted by molar-refractivity contribution is -0.113. The summed E-state index contributed by atoms with van der Waals surface area (Å²) in [7, 11) is 0. The van der Waals surface area contributed by atoms with E-state index < -0.39 is 17.6 Å². The molecule has 8 heteroatoms. The lowest BCUT2D eigenvalue weighted by atomic mass is 10.1. The molecule has 0 saturated heterocycles. The van der Waals surface area contributed by atoms with Crippen molar-refractivity contribution in [3.63, 3.8) is 0 Å². The molecule has 5 nitrogen and oxygen atoms in total. The number of halogens is 3. The predicted molar refractivity (Wildman–Crippen MR) is 153 cm³/mol. The zero-order valence-electron chi connectivity index (χ0n) is 20.3. The topological polar surface area (TPSA) is 75.3 Å². The number of hydrogen-bond acceptors (Lipinski definition) is 3. The highest BCUT2D eigenvalue weighted by molar-refractivity contribution is 6.32. The molecule has 0 aliphatic rings. The summed E-state index contributed by atoms with van der Waals surface area (Å²) in [6, 6.07) is 25.7. The molecule has 39 heavy (non-hydrogen) atoms. The Morgan fingerprint density at radius 2 is 1.44 bits per heavy atom. The summed E-state index contributed by atoms with van der Waals surface area (Å²) in [5.74, 6) is -1.92. The van der Waals surface area contributed by atoms with Gasteiger partial charge in [-0.2, -0.15) is 0 Å². The van der Waals surface area contributed by atoms with Crippen molar-refractivity contribution in [3.05, 3.63) is 147 Å². The van der Waals surface area contributed by atoms with Crippen molar-refractivity contribution in [1.82, 2.24) is 5.32 Å². The second-order valence-electron chi connectivity index (χ2n) is 8.29. The van der Waals surface area contributed by atoms with Gasteiger partial charge in [0.15, 0.2) is 5.78 Å². The van der Waals surface area contributed by atoms with Crippen molar-refractivity contribution >= 4 is 58.6 Å². The summed E-state index contributed by atoms with van der Waals surface area (Å²) < 4.78 is 14.0. The minimum Gasteiger partial charge on any atom is -0.321 e. The molecular weight excluding hydrogens is 538 g/mol. The lowest BCUT2D eigenvalue weighted by Gasteiger charge is -2.12. The summed E-state index contributed by atoms with van der Waals surface area (Å²) in [6.45, 7) is 0. The average molecular weight is 559 g/mol. The third-order valence-electron chi connectivity index (χ3n) is 5.54. The van der Waals surface area contributed by atoms with E-state index in [0.29, 0.717) is 27.4 Å². The first-order chi connectivity index (χ1) is 18.8. The highest BCUT2D eigenvalue weighted by atomic mass is 35.5.